The van der Waals surface area contributed by atoms with Crippen LogP contribution < -0.4 is 0 Å². The maximum absolute atomic E-state index is 6.54. The van der Waals surface area contributed by atoms with Crippen molar-refractivity contribution in [2.75, 3.05) is 0 Å². The summed E-state index contributed by atoms with van der Waals surface area (Å²) in [5.41, 5.74) is 12.9. The molecular formula is C58H80O2. The summed E-state index contributed by atoms with van der Waals surface area (Å²) in [4.78, 5) is 0. The zero-order chi connectivity index (χ0) is 41.8. The molecule has 0 amide bonds. The van der Waals surface area contributed by atoms with Crippen LogP contribution in [0.1, 0.15) is 204 Å². The SMILES string of the molecule is CCCCCCCCc1cc(CCCCCCCC)cc(-c2coc3c2ccc2c3ccc3c(-c4cc(CCCCCCCC)cc(CCCCCCCC)c4)coc32)c1. The van der Waals surface area contributed by atoms with Gasteiger partial charge in [0.25, 0.3) is 0 Å². The zero-order valence-electron chi connectivity index (χ0n) is 38.5. The van der Waals surface area contributed by atoms with Crippen LogP contribution in [0, 0.1) is 0 Å². The summed E-state index contributed by atoms with van der Waals surface area (Å²) < 4.78 is 13.1. The minimum Gasteiger partial charge on any atom is -0.463 e. The Morgan fingerprint density at radius 1 is 0.300 bits per heavy atom. The zero-order valence-corrected chi connectivity index (χ0v) is 38.5. The van der Waals surface area contributed by atoms with Gasteiger partial charge < -0.3 is 8.83 Å². The summed E-state index contributed by atoms with van der Waals surface area (Å²) in [5, 5.41) is 4.64. The number of hydrogen-bond donors (Lipinski definition) is 0. The van der Waals surface area contributed by atoms with E-state index >= 15 is 0 Å². The molecule has 0 spiro atoms. The summed E-state index contributed by atoms with van der Waals surface area (Å²) in [5.74, 6) is 0. The fourth-order valence-corrected chi connectivity index (χ4v) is 9.69. The van der Waals surface area contributed by atoms with Gasteiger partial charge in [-0.3, -0.25) is 0 Å². The van der Waals surface area contributed by atoms with Crippen molar-refractivity contribution >= 4 is 32.7 Å². The van der Waals surface area contributed by atoms with Crippen molar-refractivity contribution in [2.24, 2.45) is 0 Å². The Morgan fingerprint density at radius 2 is 0.567 bits per heavy atom. The third-order valence-corrected chi connectivity index (χ3v) is 13.3. The smallest absolute Gasteiger partial charge is 0.142 e. The maximum Gasteiger partial charge on any atom is 0.142 e. The van der Waals surface area contributed by atoms with Crippen LogP contribution in [0.4, 0.5) is 0 Å². The molecule has 0 unspecified atom stereocenters. The molecule has 6 aromatic rings. The molecule has 0 N–H and O–H groups in total. The average molecular weight is 809 g/mol. The topological polar surface area (TPSA) is 26.3 Å². The molecule has 0 aliphatic heterocycles. The van der Waals surface area contributed by atoms with Crippen molar-refractivity contribution in [3.8, 4) is 22.3 Å². The van der Waals surface area contributed by atoms with Gasteiger partial charge in [-0.15, -0.1) is 0 Å². The van der Waals surface area contributed by atoms with E-state index in [0.717, 1.165) is 47.6 Å². The molecular weight excluding hydrogens is 729 g/mol. The molecule has 0 saturated heterocycles. The third-order valence-electron chi connectivity index (χ3n) is 13.3. The van der Waals surface area contributed by atoms with E-state index in [2.05, 4.69) is 88.4 Å². The number of aryl methyl sites for hydroxylation is 4. The van der Waals surface area contributed by atoms with Gasteiger partial charge in [-0.1, -0.05) is 193 Å². The highest BCUT2D eigenvalue weighted by Gasteiger charge is 2.18. The Kier molecular flexibility index (Phi) is 19.2. The molecule has 2 aromatic heterocycles. The number of furan rings is 2. The molecule has 6 rings (SSSR count). The van der Waals surface area contributed by atoms with E-state index in [1.807, 2.05) is 12.5 Å². The number of unbranched alkanes of at least 4 members (excludes halogenated alkanes) is 20. The second-order valence-corrected chi connectivity index (χ2v) is 18.4. The monoisotopic (exact) mass is 809 g/mol. The van der Waals surface area contributed by atoms with Crippen LogP contribution >= 0.6 is 0 Å². The van der Waals surface area contributed by atoms with Gasteiger partial charge in [0.1, 0.15) is 11.2 Å². The van der Waals surface area contributed by atoms with Gasteiger partial charge >= 0.3 is 0 Å². The highest BCUT2D eigenvalue weighted by atomic mass is 16.3. The van der Waals surface area contributed by atoms with E-state index in [0.29, 0.717) is 0 Å². The van der Waals surface area contributed by atoms with Gasteiger partial charge in [0.15, 0.2) is 0 Å². The second kappa shape index (κ2) is 25.2. The fraction of sp³-hybridized carbons (Fsp3) is 0.552. The lowest BCUT2D eigenvalue weighted by Gasteiger charge is -2.11. The quantitative estimate of drug-likeness (QED) is 0.0424. The Morgan fingerprint density at radius 3 is 0.867 bits per heavy atom. The standard InChI is InChI=1S/C58H80O2/c1-5-9-13-17-21-25-29-45-37-46(30-26-22-18-14-10-6-2)40-49(39-45)55-43-59-57-51-34-36-54-56(44-60-58(54)52(51)33-35-53(55)57)50-41-47(31-27-23-19-15-11-7-3)38-48(42-50)32-28-24-20-16-12-8-4/h33-44H,5-32H2,1-4H3. The first-order chi connectivity index (χ1) is 29.6. The van der Waals surface area contributed by atoms with Gasteiger partial charge in [-0.25, -0.2) is 0 Å². The van der Waals surface area contributed by atoms with E-state index in [-0.39, 0.29) is 0 Å². The predicted octanol–water partition coefficient (Wildman–Crippen LogP) is 19.3. The Bertz CT molecular complexity index is 1920. The van der Waals surface area contributed by atoms with Crippen LogP contribution in [-0.2, 0) is 25.7 Å². The molecule has 2 heteroatoms. The highest BCUT2D eigenvalue weighted by molar-refractivity contribution is 6.18. The first-order valence-corrected chi connectivity index (χ1v) is 25.2. The first-order valence-electron chi connectivity index (χ1n) is 25.2. The summed E-state index contributed by atoms with van der Waals surface area (Å²) in [7, 11) is 0. The maximum atomic E-state index is 6.54. The molecule has 0 aliphatic carbocycles. The highest BCUT2D eigenvalue weighted by Crippen LogP contribution is 2.41. The largest absolute Gasteiger partial charge is 0.463 e. The molecule has 4 aromatic carbocycles. The van der Waals surface area contributed by atoms with Crippen LogP contribution in [0.25, 0.3) is 55.0 Å². The molecule has 0 aliphatic rings. The van der Waals surface area contributed by atoms with E-state index in [9.17, 15) is 0 Å². The lowest BCUT2D eigenvalue weighted by atomic mass is 9.93. The molecule has 2 nitrogen and oxygen atoms in total. The number of rotatable bonds is 30. The summed E-state index contributed by atoms with van der Waals surface area (Å²) in [6.07, 6.45) is 40.6. The van der Waals surface area contributed by atoms with Gasteiger partial charge in [-0.2, -0.15) is 0 Å². The van der Waals surface area contributed by atoms with Gasteiger partial charge in [0.05, 0.1) is 12.5 Å². The summed E-state index contributed by atoms with van der Waals surface area (Å²) in [6.45, 7) is 9.21. The minimum atomic E-state index is 0.961. The number of benzene rings is 4. The predicted molar refractivity (Wildman–Crippen MR) is 263 cm³/mol. The van der Waals surface area contributed by atoms with Crippen LogP contribution in [0.2, 0.25) is 0 Å². The lowest BCUT2D eigenvalue weighted by molar-refractivity contribution is 0.604. The molecule has 0 atom stereocenters. The van der Waals surface area contributed by atoms with Crippen LogP contribution in [0.15, 0.2) is 82.0 Å². The van der Waals surface area contributed by atoms with Crippen molar-refractivity contribution in [2.45, 2.75) is 207 Å². The average Bonchev–Trinajstić information content (AvgIpc) is 3.91. The molecule has 60 heavy (non-hydrogen) atoms. The van der Waals surface area contributed by atoms with Crippen molar-refractivity contribution in [1.82, 2.24) is 0 Å². The van der Waals surface area contributed by atoms with E-state index in [1.54, 1.807) is 0 Å². The van der Waals surface area contributed by atoms with Gasteiger partial charge in [-0.05, 0) is 109 Å². The van der Waals surface area contributed by atoms with E-state index in [1.165, 1.54) is 209 Å². The Hall–Kier alpha value is -3.78. The lowest BCUT2D eigenvalue weighted by Crippen LogP contribution is -1.94. The normalized spacial score (nSPS) is 11.9. The van der Waals surface area contributed by atoms with Crippen LogP contribution in [0.3, 0.4) is 0 Å². The van der Waals surface area contributed by atoms with Crippen molar-refractivity contribution in [3.63, 3.8) is 0 Å². The minimum absolute atomic E-state index is 0.961. The Labute approximate surface area is 365 Å². The van der Waals surface area contributed by atoms with Gasteiger partial charge in [0, 0.05) is 32.7 Å². The molecule has 0 saturated carbocycles. The van der Waals surface area contributed by atoms with Crippen molar-refractivity contribution in [1.29, 1.82) is 0 Å². The molecule has 324 valence electrons. The van der Waals surface area contributed by atoms with Crippen molar-refractivity contribution < 1.29 is 8.83 Å². The summed E-state index contributed by atoms with van der Waals surface area (Å²) in [6, 6.07) is 24.0. The molecule has 2 heterocycles. The van der Waals surface area contributed by atoms with Crippen molar-refractivity contribution in [3.05, 3.63) is 95.4 Å². The first kappa shape index (κ1) is 45.7. The molecule has 0 bridgehead atoms. The molecule has 0 radical (unpaired) electrons. The van der Waals surface area contributed by atoms with Crippen LogP contribution in [-0.4, -0.2) is 0 Å². The number of fused-ring (bicyclic) bond motifs is 5. The third kappa shape index (κ3) is 13.1. The molecule has 0 fully saturated rings. The van der Waals surface area contributed by atoms with E-state index in [4.69, 9.17) is 8.83 Å². The number of hydrogen-bond acceptors (Lipinski definition) is 2. The Balaban J connectivity index is 1.26. The fourth-order valence-electron chi connectivity index (χ4n) is 9.69. The second-order valence-electron chi connectivity index (χ2n) is 18.4. The van der Waals surface area contributed by atoms with E-state index < -0.39 is 0 Å². The van der Waals surface area contributed by atoms with Crippen LogP contribution in [0.5, 0.6) is 0 Å². The summed E-state index contributed by atoms with van der Waals surface area (Å²) >= 11 is 0. The van der Waals surface area contributed by atoms with Gasteiger partial charge in [0.2, 0.25) is 0 Å².